The lowest BCUT2D eigenvalue weighted by Gasteiger charge is -2.35. The molecule has 1 amide bonds. The van der Waals surface area contributed by atoms with Crippen molar-refractivity contribution < 1.29 is 13.2 Å². The van der Waals surface area contributed by atoms with Gasteiger partial charge in [0.15, 0.2) is 0 Å². The van der Waals surface area contributed by atoms with Gasteiger partial charge in [0.1, 0.15) is 9.77 Å². The summed E-state index contributed by atoms with van der Waals surface area (Å²) < 4.78 is 26.9. The highest BCUT2D eigenvalue weighted by Crippen LogP contribution is 2.29. The van der Waals surface area contributed by atoms with Crippen LogP contribution in [0.3, 0.4) is 0 Å². The molecule has 2 heterocycles. The Bertz CT molecular complexity index is 858. The summed E-state index contributed by atoms with van der Waals surface area (Å²) in [4.78, 5) is 13.5. The Balaban J connectivity index is 1.78. The van der Waals surface area contributed by atoms with E-state index >= 15 is 0 Å². The SMILES string of the molecule is NC(=O)c1sccc1S(=O)(=O)N1CCN(c2ccccc2Cl)CC1. The Labute approximate surface area is 149 Å². The topological polar surface area (TPSA) is 83.7 Å². The van der Waals surface area contributed by atoms with Crippen LogP contribution in [0.2, 0.25) is 5.02 Å². The van der Waals surface area contributed by atoms with Crippen LogP contribution in [0.4, 0.5) is 5.69 Å². The number of benzene rings is 1. The molecule has 0 unspecified atom stereocenters. The number of primary amides is 1. The molecule has 3 rings (SSSR count). The van der Waals surface area contributed by atoms with Gasteiger partial charge in [0, 0.05) is 26.2 Å². The van der Waals surface area contributed by atoms with E-state index in [9.17, 15) is 13.2 Å². The van der Waals surface area contributed by atoms with E-state index in [1.54, 1.807) is 5.38 Å². The molecule has 1 saturated heterocycles. The van der Waals surface area contributed by atoms with Gasteiger partial charge in [-0.2, -0.15) is 4.31 Å². The van der Waals surface area contributed by atoms with Crippen LogP contribution in [0.1, 0.15) is 9.67 Å². The zero-order valence-electron chi connectivity index (χ0n) is 12.7. The van der Waals surface area contributed by atoms with E-state index in [-0.39, 0.29) is 9.77 Å². The summed E-state index contributed by atoms with van der Waals surface area (Å²) in [5.74, 6) is -0.724. The molecule has 0 saturated carbocycles. The van der Waals surface area contributed by atoms with Crippen LogP contribution in [-0.4, -0.2) is 44.8 Å². The lowest BCUT2D eigenvalue weighted by Crippen LogP contribution is -2.48. The number of hydrogen-bond donors (Lipinski definition) is 1. The Kier molecular flexibility index (Phi) is 4.82. The van der Waals surface area contributed by atoms with Gasteiger partial charge < -0.3 is 10.6 Å². The number of nitrogens with zero attached hydrogens (tertiary/aromatic N) is 2. The fourth-order valence-electron chi connectivity index (χ4n) is 2.70. The van der Waals surface area contributed by atoms with Gasteiger partial charge in [0.25, 0.3) is 5.91 Å². The molecule has 1 aliphatic heterocycles. The first kappa shape index (κ1) is 17.2. The van der Waals surface area contributed by atoms with Crippen molar-refractivity contribution in [2.45, 2.75) is 4.90 Å². The van der Waals surface area contributed by atoms with Crippen molar-refractivity contribution in [1.29, 1.82) is 0 Å². The average molecular weight is 386 g/mol. The largest absolute Gasteiger partial charge is 0.368 e. The molecule has 2 N–H and O–H groups in total. The Hall–Kier alpha value is -1.61. The number of hydrogen-bond acceptors (Lipinski definition) is 5. The molecular formula is C15H16ClN3O3S2. The van der Waals surface area contributed by atoms with Gasteiger partial charge in [-0.1, -0.05) is 23.7 Å². The van der Waals surface area contributed by atoms with E-state index in [2.05, 4.69) is 4.90 Å². The normalized spacial score (nSPS) is 16.3. The van der Waals surface area contributed by atoms with Crippen LogP contribution < -0.4 is 10.6 Å². The molecule has 1 aromatic heterocycles. The molecule has 128 valence electrons. The first-order valence-corrected chi connectivity index (χ1v) is 9.98. The number of piperazine rings is 1. The number of carbonyl (C=O) groups excluding carboxylic acids is 1. The minimum atomic E-state index is -3.73. The molecule has 0 spiro atoms. The predicted molar refractivity (Wildman–Crippen MR) is 95.3 cm³/mol. The Morgan fingerprint density at radius 1 is 1.12 bits per heavy atom. The minimum Gasteiger partial charge on any atom is -0.368 e. The molecule has 9 heteroatoms. The number of carbonyl (C=O) groups is 1. The molecule has 2 aromatic rings. The highest BCUT2D eigenvalue weighted by Gasteiger charge is 2.32. The monoisotopic (exact) mass is 385 g/mol. The van der Waals surface area contributed by atoms with Gasteiger partial charge in [-0.25, -0.2) is 8.42 Å². The van der Waals surface area contributed by atoms with Crippen LogP contribution in [0.5, 0.6) is 0 Å². The molecule has 1 fully saturated rings. The molecule has 0 radical (unpaired) electrons. The number of thiophene rings is 1. The third-order valence-electron chi connectivity index (χ3n) is 3.90. The smallest absolute Gasteiger partial charge is 0.260 e. The fraction of sp³-hybridized carbons (Fsp3) is 0.267. The first-order valence-electron chi connectivity index (χ1n) is 7.28. The number of sulfonamides is 1. The van der Waals surface area contributed by atoms with Crippen LogP contribution in [-0.2, 0) is 10.0 Å². The molecule has 6 nitrogen and oxygen atoms in total. The van der Waals surface area contributed by atoms with E-state index < -0.39 is 15.9 Å². The number of nitrogens with two attached hydrogens (primary N) is 1. The van der Waals surface area contributed by atoms with E-state index in [0.29, 0.717) is 31.2 Å². The second-order valence-corrected chi connectivity index (χ2v) is 8.55. The second kappa shape index (κ2) is 6.72. The van der Waals surface area contributed by atoms with E-state index in [0.717, 1.165) is 17.0 Å². The third kappa shape index (κ3) is 3.14. The summed E-state index contributed by atoms with van der Waals surface area (Å²) >= 11 is 7.24. The highest BCUT2D eigenvalue weighted by molar-refractivity contribution is 7.89. The number of rotatable bonds is 4. The van der Waals surface area contributed by atoms with Crippen molar-refractivity contribution in [2.75, 3.05) is 31.1 Å². The summed E-state index contributed by atoms with van der Waals surface area (Å²) in [7, 11) is -3.73. The molecule has 0 bridgehead atoms. The van der Waals surface area contributed by atoms with Crippen molar-refractivity contribution in [3.05, 3.63) is 45.6 Å². The van der Waals surface area contributed by atoms with Crippen LogP contribution >= 0.6 is 22.9 Å². The fourth-order valence-corrected chi connectivity index (χ4v) is 5.64. The summed E-state index contributed by atoms with van der Waals surface area (Å²) in [5, 5.41) is 2.20. The quantitative estimate of drug-likeness (QED) is 0.872. The lowest BCUT2D eigenvalue weighted by atomic mass is 10.2. The maximum Gasteiger partial charge on any atom is 0.260 e. The molecule has 1 aromatic carbocycles. The molecule has 1 aliphatic rings. The number of halogens is 1. The zero-order valence-corrected chi connectivity index (χ0v) is 15.1. The van der Waals surface area contributed by atoms with Gasteiger partial charge in [0.05, 0.1) is 10.7 Å². The van der Waals surface area contributed by atoms with Crippen LogP contribution in [0, 0.1) is 0 Å². The van der Waals surface area contributed by atoms with Crippen molar-refractivity contribution >= 4 is 44.6 Å². The summed E-state index contributed by atoms with van der Waals surface area (Å²) in [6, 6.07) is 8.91. The van der Waals surface area contributed by atoms with Crippen molar-refractivity contribution in [1.82, 2.24) is 4.31 Å². The molecule has 0 aliphatic carbocycles. The van der Waals surface area contributed by atoms with E-state index in [4.69, 9.17) is 17.3 Å². The van der Waals surface area contributed by atoms with Gasteiger partial charge in [0.2, 0.25) is 10.0 Å². The van der Waals surface area contributed by atoms with Gasteiger partial charge >= 0.3 is 0 Å². The van der Waals surface area contributed by atoms with E-state index in [1.165, 1.54) is 10.4 Å². The van der Waals surface area contributed by atoms with Crippen molar-refractivity contribution in [3.8, 4) is 0 Å². The predicted octanol–water partition coefficient (Wildman–Crippen LogP) is 2.01. The maximum absolute atomic E-state index is 12.8. The zero-order chi connectivity index (χ0) is 17.3. The standard InChI is InChI=1S/C15H16ClN3O3S2/c16-11-3-1-2-4-12(11)18-6-8-19(9-7-18)24(21,22)13-5-10-23-14(13)15(17)20/h1-5,10H,6-9H2,(H2,17,20). The first-order chi connectivity index (χ1) is 11.4. The van der Waals surface area contributed by atoms with Gasteiger partial charge in [-0.15, -0.1) is 11.3 Å². The van der Waals surface area contributed by atoms with Crippen LogP contribution in [0.25, 0.3) is 0 Å². The van der Waals surface area contributed by atoms with E-state index in [1.807, 2.05) is 24.3 Å². The average Bonchev–Trinajstić information content (AvgIpc) is 3.06. The number of anilines is 1. The van der Waals surface area contributed by atoms with Gasteiger partial charge in [-0.05, 0) is 23.6 Å². The Morgan fingerprint density at radius 3 is 2.42 bits per heavy atom. The summed E-state index contributed by atoms with van der Waals surface area (Å²) in [6.45, 7) is 1.70. The molecule has 0 atom stereocenters. The molecule has 24 heavy (non-hydrogen) atoms. The lowest BCUT2D eigenvalue weighted by molar-refractivity contribution is 0.100. The summed E-state index contributed by atoms with van der Waals surface area (Å²) in [6.07, 6.45) is 0. The van der Waals surface area contributed by atoms with Crippen molar-refractivity contribution in [2.24, 2.45) is 5.73 Å². The van der Waals surface area contributed by atoms with Gasteiger partial charge in [-0.3, -0.25) is 4.79 Å². The Morgan fingerprint density at radius 2 is 1.79 bits per heavy atom. The van der Waals surface area contributed by atoms with Crippen molar-refractivity contribution in [3.63, 3.8) is 0 Å². The van der Waals surface area contributed by atoms with Crippen LogP contribution in [0.15, 0.2) is 40.6 Å². The maximum atomic E-state index is 12.8. The molecular weight excluding hydrogens is 370 g/mol. The highest BCUT2D eigenvalue weighted by atomic mass is 35.5. The number of amides is 1. The minimum absolute atomic E-state index is 0.00815. The third-order valence-corrected chi connectivity index (χ3v) is 7.22. The number of para-hydroxylation sites is 1. The second-order valence-electron chi connectivity index (χ2n) is 5.32. The summed E-state index contributed by atoms with van der Waals surface area (Å²) in [5.41, 5.74) is 6.16.